The molecule has 0 saturated carbocycles. The number of carbonyl (C=O) groups is 1. The van der Waals surface area contributed by atoms with Gasteiger partial charge in [-0.05, 0) is 30.2 Å². The number of hydrogen-bond donors (Lipinski definition) is 2. The Hall–Kier alpha value is -3.48. The molecule has 1 amide bonds. The minimum Gasteiger partial charge on any atom is -0.481 e. The lowest BCUT2D eigenvalue weighted by Gasteiger charge is -2.11. The van der Waals surface area contributed by atoms with Crippen LogP contribution in [0.4, 0.5) is 0 Å². The third-order valence-electron chi connectivity index (χ3n) is 4.53. The molecular weight excluding hydrogens is 368 g/mol. The molecule has 0 fully saturated rings. The maximum absolute atomic E-state index is 12.3. The number of nitrogens with zero attached hydrogens (tertiary/aromatic N) is 2. The minimum absolute atomic E-state index is 0.00680. The Kier molecular flexibility index (Phi) is 6.07. The fourth-order valence-corrected chi connectivity index (χ4v) is 2.81. The molecule has 1 aromatic carbocycles. The number of carbonyl (C=O) groups excluding carboxylic acids is 1. The van der Waals surface area contributed by atoms with Gasteiger partial charge >= 0.3 is 0 Å². The number of aromatic nitrogens is 3. The molecule has 0 bridgehead atoms. The van der Waals surface area contributed by atoms with Crippen molar-refractivity contribution in [2.45, 2.75) is 27.3 Å². The molecule has 0 aliphatic carbocycles. The van der Waals surface area contributed by atoms with Crippen molar-refractivity contribution in [3.05, 3.63) is 64.1 Å². The van der Waals surface area contributed by atoms with Crippen LogP contribution in [0.25, 0.3) is 22.6 Å². The summed E-state index contributed by atoms with van der Waals surface area (Å²) in [5.41, 5.74) is 3.70. The Balaban J connectivity index is 1.95. The van der Waals surface area contributed by atoms with E-state index < -0.39 is 0 Å². The fourth-order valence-electron chi connectivity index (χ4n) is 2.81. The molecule has 3 aromatic rings. The zero-order valence-corrected chi connectivity index (χ0v) is 16.9. The first-order valence-electron chi connectivity index (χ1n) is 9.36. The molecule has 0 saturated heterocycles. The van der Waals surface area contributed by atoms with Gasteiger partial charge in [0.15, 0.2) is 0 Å². The Morgan fingerprint density at radius 2 is 2.00 bits per heavy atom. The largest absolute Gasteiger partial charge is 0.481 e. The van der Waals surface area contributed by atoms with Gasteiger partial charge in [-0.3, -0.25) is 9.59 Å². The van der Waals surface area contributed by atoms with Gasteiger partial charge < -0.3 is 15.0 Å². The average molecular weight is 392 g/mol. The molecule has 2 aromatic heterocycles. The van der Waals surface area contributed by atoms with E-state index in [1.165, 1.54) is 6.07 Å². The summed E-state index contributed by atoms with van der Waals surface area (Å²) in [6, 6.07) is 10.8. The quantitative estimate of drug-likeness (QED) is 0.672. The number of amides is 1. The fraction of sp³-hybridized carbons (Fsp3) is 0.273. The van der Waals surface area contributed by atoms with Crippen LogP contribution in [0.5, 0.6) is 5.88 Å². The number of aryl methyl sites for hydroxylation is 1. The standard InChI is InChI=1S/C22H24N4O3/c1-13(2)22(28)24-11-15-6-5-14(3)17(9-15)21-25-18(10-19(27)26-21)16-7-8-20(29-4)23-12-16/h5-10,12-13H,11H2,1-4H3,(H,24,28)(H,25,26,27). The Morgan fingerprint density at radius 1 is 1.21 bits per heavy atom. The van der Waals surface area contributed by atoms with E-state index in [1.807, 2.05) is 45.0 Å². The summed E-state index contributed by atoms with van der Waals surface area (Å²) in [5.74, 6) is 0.879. The molecule has 7 heteroatoms. The Bertz CT molecular complexity index is 1070. The van der Waals surface area contributed by atoms with Crippen LogP contribution in [-0.4, -0.2) is 28.0 Å². The van der Waals surface area contributed by atoms with E-state index in [0.717, 1.165) is 22.3 Å². The van der Waals surface area contributed by atoms with Crippen molar-refractivity contribution in [1.82, 2.24) is 20.3 Å². The second-order valence-corrected chi connectivity index (χ2v) is 7.09. The predicted octanol–water partition coefficient (Wildman–Crippen LogP) is 3.09. The van der Waals surface area contributed by atoms with Crippen LogP contribution in [0.2, 0.25) is 0 Å². The lowest BCUT2D eigenvalue weighted by atomic mass is 10.0. The summed E-state index contributed by atoms with van der Waals surface area (Å²) in [5, 5.41) is 2.90. The van der Waals surface area contributed by atoms with Crippen LogP contribution in [0.1, 0.15) is 25.0 Å². The maximum atomic E-state index is 12.3. The monoisotopic (exact) mass is 392 g/mol. The summed E-state index contributed by atoms with van der Waals surface area (Å²) in [4.78, 5) is 35.7. The van der Waals surface area contributed by atoms with Crippen molar-refractivity contribution in [2.24, 2.45) is 5.92 Å². The number of pyridine rings is 1. The van der Waals surface area contributed by atoms with Gasteiger partial charge in [-0.25, -0.2) is 9.97 Å². The maximum Gasteiger partial charge on any atom is 0.251 e. The number of H-pyrrole nitrogens is 1. The van der Waals surface area contributed by atoms with Crippen molar-refractivity contribution in [3.63, 3.8) is 0 Å². The average Bonchev–Trinajstić information content (AvgIpc) is 2.72. The highest BCUT2D eigenvalue weighted by Gasteiger charge is 2.11. The number of hydrogen-bond acceptors (Lipinski definition) is 5. The highest BCUT2D eigenvalue weighted by atomic mass is 16.5. The molecular formula is C22H24N4O3. The number of rotatable bonds is 6. The summed E-state index contributed by atoms with van der Waals surface area (Å²) in [6.45, 7) is 6.07. The van der Waals surface area contributed by atoms with Crippen molar-refractivity contribution in [1.29, 1.82) is 0 Å². The summed E-state index contributed by atoms with van der Waals surface area (Å²) in [6.07, 6.45) is 1.62. The first-order valence-corrected chi connectivity index (χ1v) is 9.36. The van der Waals surface area contributed by atoms with E-state index in [1.54, 1.807) is 19.4 Å². The van der Waals surface area contributed by atoms with Crippen molar-refractivity contribution in [3.8, 4) is 28.5 Å². The van der Waals surface area contributed by atoms with Gasteiger partial charge in [-0.2, -0.15) is 0 Å². The smallest absolute Gasteiger partial charge is 0.251 e. The molecule has 2 heterocycles. The van der Waals surface area contributed by atoms with E-state index >= 15 is 0 Å². The van der Waals surface area contributed by atoms with Gasteiger partial charge in [0.25, 0.3) is 5.56 Å². The molecule has 3 rings (SSSR count). The van der Waals surface area contributed by atoms with E-state index in [9.17, 15) is 9.59 Å². The number of aromatic amines is 1. The highest BCUT2D eigenvalue weighted by molar-refractivity contribution is 5.77. The van der Waals surface area contributed by atoms with Crippen molar-refractivity contribution < 1.29 is 9.53 Å². The molecule has 0 atom stereocenters. The minimum atomic E-state index is -0.251. The summed E-state index contributed by atoms with van der Waals surface area (Å²) >= 11 is 0. The first-order chi connectivity index (χ1) is 13.9. The molecule has 0 aliphatic rings. The van der Waals surface area contributed by atoms with Crippen LogP contribution in [0.15, 0.2) is 47.4 Å². The van der Waals surface area contributed by atoms with Gasteiger partial charge in [0.1, 0.15) is 5.82 Å². The van der Waals surface area contributed by atoms with Crippen molar-refractivity contribution >= 4 is 5.91 Å². The normalized spacial score (nSPS) is 10.8. The lowest BCUT2D eigenvalue weighted by molar-refractivity contribution is -0.124. The van der Waals surface area contributed by atoms with E-state index in [0.29, 0.717) is 23.9 Å². The molecule has 0 aliphatic heterocycles. The number of nitrogens with one attached hydrogen (secondary N) is 2. The predicted molar refractivity (Wildman–Crippen MR) is 111 cm³/mol. The summed E-state index contributed by atoms with van der Waals surface area (Å²) < 4.78 is 5.08. The zero-order valence-electron chi connectivity index (χ0n) is 16.9. The van der Waals surface area contributed by atoms with Crippen LogP contribution >= 0.6 is 0 Å². The van der Waals surface area contributed by atoms with Gasteiger partial charge in [-0.15, -0.1) is 0 Å². The molecule has 29 heavy (non-hydrogen) atoms. The van der Waals surface area contributed by atoms with E-state index in [2.05, 4.69) is 20.3 Å². The molecule has 7 nitrogen and oxygen atoms in total. The second kappa shape index (κ2) is 8.68. The Morgan fingerprint density at radius 3 is 2.66 bits per heavy atom. The molecule has 0 unspecified atom stereocenters. The van der Waals surface area contributed by atoms with E-state index in [-0.39, 0.29) is 17.4 Å². The van der Waals surface area contributed by atoms with Crippen LogP contribution in [0.3, 0.4) is 0 Å². The molecule has 2 N–H and O–H groups in total. The third-order valence-corrected chi connectivity index (χ3v) is 4.53. The third kappa shape index (κ3) is 4.87. The second-order valence-electron chi connectivity index (χ2n) is 7.09. The molecule has 150 valence electrons. The Labute approximate surface area is 169 Å². The molecule has 0 spiro atoms. The number of benzene rings is 1. The zero-order chi connectivity index (χ0) is 21.0. The summed E-state index contributed by atoms with van der Waals surface area (Å²) in [7, 11) is 1.55. The SMILES string of the molecule is COc1ccc(-c2cc(=O)[nH]c(-c3cc(CNC(=O)C(C)C)ccc3C)n2)cn1. The number of methoxy groups -OCH3 is 1. The number of ether oxygens (including phenoxy) is 1. The van der Waals surface area contributed by atoms with Gasteiger partial charge in [-0.1, -0.05) is 26.0 Å². The van der Waals surface area contributed by atoms with Gasteiger partial charge in [0, 0.05) is 41.9 Å². The molecule has 0 radical (unpaired) electrons. The first kappa shape index (κ1) is 20.3. The highest BCUT2D eigenvalue weighted by Crippen LogP contribution is 2.24. The van der Waals surface area contributed by atoms with Crippen LogP contribution in [-0.2, 0) is 11.3 Å². The van der Waals surface area contributed by atoms with Crippen LogP contribution < -0.4 is 15.6 Å². The van der Waals surface area contributed by atoms with Gasteiger partial charge in [0.05, 0.1) is 12.8 Å². The van der Waals surface area contributed by atoms with Gasteiger partial charge in [0.2, 0.25) is 11.8 Å². The topological polar surface area (TPSA) is 97.0 Å². The van der Waals surface area contributed by atoms with Crippen LogP contribution in [0, 0.1) is 12.8 Å². The lowest BCUT2D eigenvalue weighted by Crippen LogP contribution is -2.27. The van der Waals surface area contributed by atoms with Crippen molar-refractivity contribution in [2.75, 3.05) is 7.11 Å². The van der Waals surface area contributed by atoms with E-state index in [4.69, 9.17) is 4.74 Å².